The van der Waals surface area contributed by atoms with Gasteiger partial charge in [0.1, 0.15) is 31.3 Å². The minimum Gasteiger partial charge on any atom is -0.489 e. The first kappa shape index (κ1) is 29.4. The Kier molecular flexibility index (Phi) is 12.0. The second-order valence-electron chi connectivity index (χ2n) is 9.49. The molecule has 0 aromatic heterocycles. The summed E-state index contributed by atoms with van der Waals surface area (Å²) in [6.45, 7) is 0.692. The number of hydrogen-bond acceptors (Lipinski definition) is 6. The number of rotatable bonds is 11. The van der Waals surface area contributed by atoms with Gasteiger partial charge in [-0.25, -0.2) is 9.59 Å². The van der Waals surface area contributed by atoms with Crippen LogP contribution in [0, 0.1) is 5.92 Å². The first-order chi connectivity index (χ1) is 18.9. The van der Waals surface area contributed by atoms with E-state index in [1.54, 1.807) is 0 Å². The summed E-state index contributed by atoms with van der Waals surface area (Å²) < 4.78 is 10.7. The maximum absolute atomic E-state index is 11.7. The lowest BCUT2D eigenvalue weighted by molar-refractivity contribution is -0.140. The average Bonchev–Trinajstić information content (AvgIpc) is 3.50. The molecule has 1 unspecified atom stereocenters. The molecule has 39 heavy (non-hydrogen) atoms. The summed E-state index contributed by atoms with van der Waals surface area (Å²) in [5, 5.41) is 11.7. The zero-order valence-corrected chi connectivity index (χ0v) is 21.9. The molecule has 1 fully saturated rings. The second kappa shape index (κ2) is 15.9. The molecule has 0 bridgehead atoms. The fourth-order valence-corrected chi connectivity index (χ4v) is 4.35. The minimum atomic E-state index is -0.992. The lowest BCUT2D eigenvalue weighted by Gasteiger charge is -2.20. The molecule has 0 radical (unpaired) electrons. The molecule has 8 nitrogen and oxygen atoms in total. The summed E-state index contributed by atoms with van der Waals surface area (Å²) in [5.41, 5.74) is 8.62. The largest absolute Gasteiger partial charge is 0.489 e. The first-order valence-electron chi connectivity index (χ1n) is 13.1. The van der Waals surface area contributed by atoms with Gasteiger partial charge >= 0.3 is 12.1 Å². The van der Waals surface area contributed by atoms with Gasteiger partial charge in [0.25, 0.3) is 0 Å². The smallest absolute Gasteiger partial charge is 0.408 e. The lowest BCUT2D eigenvalue weighted by Crippen LogP contribution is -2.45. The van der Waals surface area contributed by atoms with Crippen molar-refractivity contribution >= 4 is 18.3 Å². The van der Waals surface area contributed by atoms with Crippen LogP contribution in [0.25, 0.3) is 0 Å². The highest BCUT2D eigenvalue weighted by Gasteiger charge is 2.32. The molecule has 8 heteroatoms. The van der Waals surface area contributed by atoms with Gasteiger partial charge in [0.2, 0.25) is 0 Å². The van der Waals surface area contributed by atoms with Crippen molar-refractivity contribution in [3.8, 4) is 5.75 Å². The van der Waals surface area contributed by atoms with E-state index in [-0.39, 0.29) is 12.5 Å². The third-order valence-electron chi connectivity index (χ3n) is 6.44. The fraction of sp³-hybridized carbons (Fsp3) is 0.323. The van der Waals surface area contributed by atoms with E-state index >= 15 is 0 Å². The molecule has 206 valence electrons. The Bertz CT molecular complexity index is 1150. The minimum absolute atomic E-state index is 0.0109. The number of carboxylic acid groups (broad SMARTS) is 1. The number of carbonyl (C=O) groups is 3. The van der Waals surface area contributed by atoms with Gasteiger partial charge in [-0.15, -0.1) is 0 Å². The summed E-state index contributed by atoms with van der Waals surface area (Å²) >= 11 is 0. The Morgan fingerprint density at radius 1 is 0.872 bits per heavy atom. The van der Waals surface area contributed by atoms with Gasteiger partial charge in [-0.2, -0.15) is 0 Å². The molecule has 0 aliphatic heterocycles. The fourth-order valence-electron chi connectivity index (χ4n) is 4.35. The highest BCUT2D eigenvalue weighted by molar-refractivity contribution is 5.80. The van der Waals surface area contributed by atoms with Crippen LogP contribution in [0.1, 0.15) is 42.4 Å². The molecule has 1 aliphatic carbocycles. The summed E-state index contributed by atoms with van der Waals surface area (Å²) in [6.07, 6.45) is 4.38. The molecule has 0 heterocycles. The van der Waals surface area contributed by atoms with E-state index in [1.165, 1.54) is 0 Å². The first-order valence-corrected chi connectivity index (χ1v) is 13.1. The predicted octanol–water partition coefficient (Wildman–Crippen LogP) is 4.89. The number of aldehydes is 1. The number of alkyl carbamates (subject to hydrolysis) is 1. The maximum Gasteiger partial charge on any atom is 0.408 e. The van der Waals surface area contributed by atoms with Gasteiger partial charge in [-0.1, -0.05) is 85.6 Å². The number of amides is 1. The van der Waals surface area contributed by atoms with Crippen molar-refractivity contribution in [3.63, 3.8) is 0 Å². The van der Waals surface area contributed by atoms with Crippen LogP contribution in [0.5, 0.6) is 5.75 Å². The van der Waals surface area contributed by atoms with Crippen LogP contribution in [-0.4, -0.2) is 35.5 Å². The van der Waals surface area contributed by atoms with E-state index in [4.69, 9.17) is 15.2 Å². The molecule has 1 amide bonds. The van der Waals surface area contributed by atoms with Crippen molar-refractivity contribution < 1.29 is 29.0 Å². The standard InChI is InChI=1S/C16H17NO2.C15H19NO4/c17-15(11-18)10-13-6-8-16(9-7-13)19-12-14-4-2-1-3-5-14;17-14(18)13(12-8-4-5-9-12)16-15(19)20-10-11-6-2-1-3-7-11/h1-9,11,15H,10,12,17H2;1-3,6-7,12-13H,4-5,8-10H2,(H,16,19)(H,17,18)/t15-;/m0./s1. The van der Waals surface area contributed by atoms with Crippen molar-refractivity contribution in [2.75, 3.05) is 0 Å². The Morgan fingerprint density at radius 2 is 1.44 bits per heavy atom. The lowest BCUT2D eigenvalue weighted by atomic mass is 9.98. The Balaban J connectivity index is 0.000000216. The van der Waals surface area contributed by atoms with Gasteiger partial charge in [0, 0.05) is 0 Å². The Labute approximate surface area is 229 Å². The highest BCUT2D eigenvalue weighted by atomic mass is 16.5. The monoisotopic (exact) mass is 532 g/mol. The number of benzene rings is 3. The van der Waals surface area contributed by atoms with Crippen molar-refractivity contribution in [2.45, 2.75) is 57.4 Å². The molecule has 3 aromatic rings. The molecule has 3 aromatic carbocycles. The molecule has 1 aliphatic rings. The summed E-state index contributed by atoms with van der Waals surface area (Å²) in [6, 6.07) is 25.7. The molecular formula is C31H36N2O6. The quantitative estimate of drug-likeness (QED) is 0.300. The number of carboxylic acids is 1. The number of ether oxygens (including phenoxy) is 2. The Hall–Kier alpha value is -4.17. The second-order valence-corrected chi connectivity index (χ2v) is 9.49. The third-order valence-corrected chi connectivity index (χ3v) is 6.44. The molecule has 2 atom stereocenters. The number of hydrogen-bond donors (Lipinski definition) is 3. The molecule has 0 spiro atoms. The molecule has 4 N–H and O–H groups in total. The van der Waals surface area contributed by atoms with Crippen LogP contribution < -0.4 is 15.8 Å². The van der Waals surface area contributed by atoms with E-state index in [0.717, 1.165) is 54.4 Å². The van der Waals surface area contributed by atoms with E-state index in [9.17, 15) is 19.5 Å². The van der Waals surface area contributed by atoms with Crippen molar-refractivity contribution in [1.29, 1.82) is 0 Å². The Morgan fingerprint density at radius 3 is 1.97 bits per heavy atom. The molecule has 4 rings (SSSR count). The third kappa shape index (κ3) is 10.6. The zero-order chi connectivity index (χ0) is 27.9. The van der Waals surface area contributed by atoms with Crippen molar-refractivity contribution in [3.05, 3.63) is 102 Å². The maximum atomic E-state index is 11.7. The van der Waals surface area contributed by atoms with Crippen LogP contribution in [0.3, 0.4) is 0 Å². The van der Waals surface area contributed by atoms with Crippen LogP contribution in [0.15, 0.2) is 84.9 Å². The summed E-state index contributed by atoms with van der Waals surface area (Å²) in [7, 11) is 0. The summed E-state index contributed by atoms with van der Waals surface area (Å²) in [5.74, 6) is -0.169. The predicted molar refractivity (Wildman–Crippen MR) is 148 cm³/mol. The highest BCUT2D eigenvalue weighted by Crippen LogP contribution is 2.28. The van der Waals surface area contributed by atoms with Gasteiger partial charge in [-0.05, 0) is 54.0 Å². The molecule has 0 saturated heterocycles. The SMILES string of the molecule is N[C@H](C=O)Cc1ccc(OCc2ccccc2)cc1.O=C(NC(C(=O)O)C1CCCC1)OCc1ccccc1. The molecular weight excluding hydrogens is 496 g/mol. The van der Waals surface area contributed by atoms with Gasteiger partial charge in [0.05, 0.1) is 6.04 Å². The molecule has 1 saturated carbocycles. The number of nitrogens with two attached hydrogens (primary N) is 1. The van der Waals surface area contributed by atoms with Crippen LogP contribution in [-0.2, 0) is 34.0 Å². The van der Waals surface area contributed by atoms with Crippen molar-refractivity contribution in [2.24, 2.45) is 11.7 Å². The van der Waals surface area contributed by atoms with Crippen molar-refractivity contribution in [1.82, 2.24) is 5.32 Å². The van der Waals surface area contributed by atoms with E-state index in [2.05, 4.69) is 5.32 Å². The number of aliphatic carboxylic acids is 1. The van der Waals surface area contributed by atoms with Gasteiger partial charge in [0.15, 0.2) is 0 Å². The number of carbonyl (C=O) groups excluding carboxylic acids is 2. The van der Waals surface area contributed by atoms with E-state index in [1.807, 2.05) is 84.9 Å². The van der Waals surface area contributed by atoms with Crippen LogP contribution >= 0.6 is 0 Å². The average molecular weight is 533 g/mol. The summed E-state index contributed by atoms with van der Waals surface area (Å²) in [4.78, 5) is 33.4. The van der Waals surface area contributed by atoms with Gasteiger partial charge < -0.3 is 30.4 Å². The van der Waals surface area contributed by atoms with Crippen LogP contribution in [0.4, 0.5) is 4.79 Å². The zero-order valence-electron chi connectivity index (χ0n) is 21.9. The topological polar surface area (TPSA) is 128 Å². The number of nitrogens with one attached hydrogen (secondary N) is 1. The van der Waals surface area contributed by atoms with Gasteiger partial charge in [-0.3, -0.25) is 0 Å². The normalized spacial score (nSPS) is 14.3. The van der Waals surface area contributed by atoms with E-state index in [0.29, 0.717) is 13.0 Å². The van der Waals surface area contributed by atoms with E-state index < -0.39 is 24.1 Å². The van der Waals surface area contributed by atoms with Crippen LogP contribution in [0.2, 0.25) is 0 Å².